The van der Waals surface area contributed by atoms with Gasteiger partial charge in [0, 0.05) is 45.2 Å². The zero-order valence-corrected chi connectivity index (χ0v) is 12.9. The van der Waals surface area contributed by atoms with E-state index in [1.54, 1.807) is 7.11 Å². The number of benzene rings is 1. The topological polar surface area (TPSA) is 68.0 Å². The summed E-state index contributed by atoms with van der Waals surface area (Å²) in [4.78, 5) is 2.13. The first-order chi connectivity index (χ1) is 10.1. The third-order valence-corrected chi connectivity index (χ3v) is 4.22. The van der Waals surface area contributed by atoms with Crippen LogP contribution in [-0.2, 0) is 4.74 Å². The van der Waals surface area contributed by atoms with Crippen LogP contribution in [0.4, 0.5) is 0 Å². The second kappa shape index (κ2) is 7.22. The van der Waals surface area contributed by atoms with E-state index >= 15 is 0 Å². The van der Waals surface area contributed by atoms with Gasteiger partial charge in [0.25, 0.3) is 0 Å². The van der Waals surface area contributed by atoms with Gasteiger partial charge >= 0.3 is 0 Å². The van der Waals surface area contributed by atoms with Crippen LogP contribution < -0.4 is 10.5 Å². The Balaban J connectivity index is 2.04. The van der Waals surface area contributed by atoms with Crippen molar-refractivity contribution in [2.45, 2.75) is 24.5 Å². The normalized spacial score (nSPS) is 19.5. The Morgan fingerprint density at radius 2 is 1.95 bits per heavy atom. The average Bonchev–Trinajstić information content (AvgIpc) is 2.49. The first kappa shape index (κ1) is 16.2. The lowest BCUT2D eigenvalue weighted by atomic mass is 9.92. The molecule has 0 spiro atoms. The fourth-order valence-corrected chi connectivity index (χ4v) is 2.88. The van der Waals surface area contributed by atoms with Gasteiger partial charge in [0.1, 0.15) is 5.75 Å². The molecule has 1 aromatic rings. The van der Waals surface area contributed by atoms with Gasteiger partial charge in [-0.3, -0.25) is 4.90 Å². The minimum atomic E-state index is -0.674. The van der Waals surface area contributed by atoms with Crippen LogP contribution in [0.25, 0.3) is 0 Å². The summed E-state index contributed by atoms with van der Waals surface area (Å²) in [7, 11) is 3.66. The monoisotopic (exact) mass is 294 g/mol. The smallest absolute Gasteiger partial charge is 0.118 e. The van der Waals surface area contributed by atoms with Gasteiger partial charge < -0.3 is 20.3 Å². The number of likely N-dealkylation sites (N-methyl/N-ethyl adjacent to an activating group) is 1. The van der Waals surface area contributed by atoms with Gasteiger partial charge in [0.05, 0.1) is 12.7 Å². The van der Waals surface area contributed by atoms with Crippen LogP contribution in [0.15, 0.2) is 24.3 Å². The summed E-state index contributed by atoms with van der Waals surface area (Å²) >= 11 is 0. The number of hydrogen-bond donors (Lipinski definition) is 2. The Bertz CT molecular complexity index is 430. The fourth-order valence-electron chi connectivity index (χ4n) is 2.88. The van der Waals surface area contributed by atoms with E-state index in [-0.39, 0.29) is 6.04 Å². The highest BCUT2D eigenvalue weighted by molar-refractivity contribution is 5.29. The van der Waals surface area contributed by atoms with Crippen molar-refractivity contribution in [2.24, 2.45) is 5.73 Å². The second-order valence-electron chi connectivity index (χ2n) is 5.78. The van der Waals surface area contributed by atoms with Crippen LogP contribution in [0.1, 0.15) is 24.4 Å². The van der Waals surface area contributed by atoms with Crippen molar-refractivity contribution in [1.82, 2.24) is 4.90 Å². The van der Waals surface area contributed by atoms with E-state index in [2.05, 4.69) is 4.90 Å². The molecule has 2 rings (SSSR count). The summed E-state index contributed by atoms with van der Waals surface area (Å²) in [6.45, 7) is 2.36. The largest absolute Gasteiger partial charge is 0.497 e. The SMILES string of the molecule is COc1ccc(C(CN)N(C)CC2(O)CCOCC2)cc1. The molecule has 1 fully saturated rings. The second-order valence-corrected chi connectivity index (χ2v) is 5.78. The molecule has 1 aliphatic rings. The van der Waals surface area contributed by atoms with Crippen LogP contribution in [0.5, 0.6) is 5.75 Å². The molecule has 5 nitrogen and oxygen atoms in total. The van der Waals surface area contributed by atoms with Gasteiger partial charge in [0.15, 0.2) is 0 Å². The molecule has 0 radical (unpaired) electrons. The number of nitrogens with two attached hydrogens (primary N) is 1. The number of hydrogen-bond acceptors (Lipinski definition) is 5. The Labute approximate surface area is 126 Å². The maximum Gasteiger partial charge on any atom is 0.118 e. The highest BCUT2D eigenvalue weighted by Crippen LogP contribution is 2.26. The number of rotatable bonds is 6. The Hall–Kier alpha value is -1.14. The maximum atomic E-state index is 10.6. The molecule has 1 unspecified atom stereocenters. The third-order valence-electron chi connectivity index (χ3n) is 4.22. The van der Waals surface area contributed by atoms with Crippen LogP contribution in [0.2, 0.25) is 0 Å². The molecule has 21 heavy (non-hydrogen) atoms. The van der Waals surface area contributed by atoms with Crippen molar-refractivity contribution in [3.8, 4) is 5.75 Å². The number of nitrogens with zero attached hydrogens (tertiary/aromatic N) is 1. The fraction of sp³-hybridized carbons (Fsp3) is 0.625. The maximum absolute atomic E-state index is 10.6. The Morgan fingerprint density at radius 3 is 2.48 bits per heavy atom. The summed E-state index contributed by atoms with van der Waals surface area (Å²) in [5.74, 6) is 0.834. The van der Waals surface area contributed by atoms with Gasteiger partial charge in [0.2, 0.25) is 0 Å². The minimum absolute atomic E-state index is 0.0859. The highest BCUT2D eigenvalue weighted by atomic mass is 16.5. The molecule has 118 valence electrons. The first-order valence-corrected chi connectivity index (χ1v) is 7.42. The van der Waals surface area contributed by atoms with Crippen molar-refractivity contribution >= 4 is 0 Å². The van der Waals surface area contributed by atoms with E-state index in [9.17, 15) is 5.11 Å². The zero-order chi connectivity index (χ0) is 15.3. The van der Waals surface area contributed by atoms with Gasteiger partial charge in [-0.1, -0.05) is 12.1 Å². The lowest BCUT2D eigenvalue weighted by molar-refractivity contribution is -0.0812. The van der Waals surface area contributed by atoms with Crippen molar-refractivity contribution in [3.63, 3.8) is 0 Å². The van der Waals surface area contributed by atoms with Gasteiger partial charge in [-0.25, -0.2) is 0 Å². The van der Waals surface area contributed by atoms with Gasteiger partial charge in [-0.2, -0.15) is 0 Å². The minimum Gasteiger partial charge on any atom is -0.497 e. The van der Waals surface area contributed by atoms with Crippen molar-refractivity contribution in [3.05, 3.63) is 29.8 Å². The molecular weight excluding hydrogens is 268 g/mol. The molecule has 1 heterocycles. The molecule has 0 aliphatic carbocycles. The number of ether oxygens (including phenoxy) is 2. The summed E-state index contributed by atoms with van der Waals surface area (Å²) in [6.07, 6.45) is 1.36. The number of methoxy groups -OCH3 is 1. The summed E-state index contributed by atoms with van der Waals surface area (Å²) < 4.78 is 10.5. The number of aliphatic hydroxyl groups is 1. The van der Waals surface area contributed by atoms with Crippen LogP contribution in [-0.4, -0.2) is 56.1 Å². The van der Waals surface area contributed by atoms with Crippen molar-refractivity contribution < 1.29 is 14.6 Å². The average molecular weight is 294 g/mol. The lowest BCUT2D eigenvalue weighted by Gasteiger charge is -2.38. The molecule has 0 amide bonds. The summed E-state index contributed by atoms with van der Waals surface area (Å²) in [5, 5.41) is 10.6. The van der Waals surface area contributed by atoms with E-state index in [0.717, 1.165) is 11.3 Å². The quantitative estimate of drug-likeness (QED) is 0.824. The Morgan fingerprint density at radius 1 is 1.33 bits per heavy atom. The molecule has 3 N–H and O–H groups in total. The molecule has 5 heteroatoms. The van der Waals surface area contributed by atoms with Crippen molar-refractivity contribution in [1.29, 1.82) is 0 Å². The lowest BCUT2D eigenvalue weighted by Crippen LogP contribution is -2.47. The molecule has 0 aromatic heterocycles. The van der Waals surface area contributed by atoms with E-state index in [1.165, 1.54) is 0 Å². The molecule has 1 saturated heterocycles. The molecular formula is C16H26N2O3. The standard InChI is InChI=1S/C16H26N2O3/c1-18(12-16(19)7-9-21-10-8-16)15(11-17)13-3-5-14(20-2)6-4-13/h3-6,15,19H,7-12,17H2,1-2H3. The predicted molar refractivity (Wildman–Crippen MR) is 82.4 cm³/mol. The molecule has 1 atom stereocenters. The van der Waals surface area contributed by atoms with E-state index in [0.29, 0.717) is 39.1 Å². The van der Waals surface area contributed by atoms with Gasteiger partial charge in [-0.05, 0) is 24.7 Å². The molecule has 0 saturated carbocycles. The van der Waals surface area contributed by atoms with Crippen LogP contribution >= 0.6 is 0 Å². The van der Waals surface area contributed by atoms with Gasteiger partial charge in [-0.15, -0.1) is 0 Å². The van der Waals surface area contributed by atoms with Crippen LogP contribution in [0.3, 0.4) is 0 Å². The molecule has 1 aliphatic heterocycles. The molecule has 1 aromatic carbocycles. The third kappa shape index (κ3) is 4.17. The predicted octanol–water partition coefficient (Wildman–Crippen LogP) is 1.17. The van der Waals surface area contributed by atoms with Crippen molar-refractivity contribution in [2.75, 3.05) is 40.5 Å². The summed E-state index contributed by atoms with van der Waals surface area (Å²) in [6, 6.07) is 8.02. The van der Waals surface area contributed by atoms with E-state index in [4.69, 9.17) is 15.2 Å². The van der Waals surface area contributed by atoms with Crippen LogP contribution in [0, 0.1) is 0 Å². The Kier molecular flexibility index (Phi) is 5.58. The van der Waals surface area contributed by atoms with E-state index < -0.39 is 5.60 Å². The van der Waals surface area contributed by atoms with E-state index in [1.807, 2.05) is 31.3 Å². The molecule has 0 bridgehead atoms. The zero-order valence-electron chi connectivity index (χ0n) is 12.9. The summed E-state index contributed by atoms with van der Waals surface area (Å²) in [5.41, 5.74) is 6.41. The first-order valence-electron chi connectivity index (χ1n) is 7.42. The highest BCUT2D eigenvalue weighted by Gasteiger charge is 2.32.